The van der Waals surface area contributed by atoms with Crippen molar-refractivity contribution in [2.45, 2.75) is 0 Å². The van der Waals surface area contributed by atoms with E-state index in [1.54, 1.807) is 0 Å². The average molecular weight is 261 g/mol. The first-order chi connectivity index (χ1) is 6.29. The van der Waals surface area contributed by atoms with Crippen LogP contribution in [0.1, 0.15) is 0 Å². The number of hydrogen-bond acceptors (Lipinski definition) is 4. The average Bonchev–Trinajstić information content (AvgIpc) is 1.97. The summed E-state index contributed by atoms with van der Waals surface area (Å²) in [6, 6.07) is 0.669. The first kappa shape index (κ1) is 11.4. The van der Waals surface area contributed by atoms with E-state index in [0.29, 0.717) is 6.07 Å². The van der Waals surface area contributed by atoms with Gasteiger partial charge in [-0.2, -0.15) is 13.6 Å². The summed E-state index contributed by atoms with van der Waals surface area (Å²) in [5.41, 5.74) is 0. The number of aromatic nitrogens is 1. The van der Waals surface area contributed by atoms with Gasteiger partial charge in [0, 0.05) is 6.07 Å². The molecule has 0 atom stereocenters. The number of nitrogens with zero attached hydrogens (tertiary/aromatic N) is 1. The second-order valence-corrected chi connectivity index (χ2v) is 3.99. The van der Waals surface area contributed by atoms with Gasteiger partial charge in [-0.25, -0.2) is 9.37 Å². The summed E-state index contributed by atoms with van der Waals surface area (Å²) < 4.78 is 37.8. The van der Waals surface area contributed by atoms with E-state index in [9.17, 15) is 12.8 Å². The maximum atomic E-state index is 12.8. The van der Waals surface area contributed by atoms with E-state index in [1.165, 1.54) is 0 Å². The van der Waals surface area contributed by atoms with E-state index in [1.807, 2.05) is 0 Å². The summed E-state index contributed by atoms with van der Waals surface area (Å²) >= 11 is 10.7. The Morgan fingerprint density at radius 3 is 2.50 bits per heavy atom. The van der Waals surface area contributed by atoms with Crippen LogP contribution in [0.4, 0.5) is 4.39 Å². The van der Waals surface area contributed by atoms with Crippen LogP contribution in [0, 0.1) is 5.82 Å². The molecule has 78 valence electrons. The summed E-state index contributed by atoms with van der Waals surface area (Å²) in [7, 11) is -4.26. The van der Waals surface area contributed by atoms with Crippen molar-refractivity contribution >= 4 is 33.5 Å². The molecule has 0 aromatic carbocycles. The molecule has 1 aromatic heterocycles. The van der Waals surface area contributed by atoms with Gasteiger partial charge in [0.05, 0.1) is 0 Å². The van der Waals surface area contributed by atoms with Crippen molar-refractivity contribution in [2.24, 2.45) is 5.14 Å². The smallest absolute Gasteiger partial charge is 0.368 e. The molecule has 0 spiro atoms. The molecule has 2 N–H and O–H groups in total. The molecule has 5 nitrogen and oxygen atoms in total. The number of hydrogen-bond donors (Lipinski definition) is 1. The lowest BCUT2D eigenvalue weighted by molar-refractivity contribution is 0.483. The molecule has 0 saturated heterocycles. The standard InChI is InChI=1S/C5H3Cl2FN2O3S/c6-4-2(8)1-3(5(7)10-4)13-14(9,11)12/h1H,(H2,9,11,12). The van der Waals surface area contributed by atoms with Crippen molar-refractivity contribution in [3.8, 4) is 5.75 Å². The molecule has 0 fully saturated rings. The largest absolute Gasteiger partial charge is 0.380 e. The molecule has 0 amide bonds. The van der Waals surface area contributed by atoms with Crippen LogP contribution in [-0.4, -0.2) is 13.4 Å². The molecular formula is C5H3Cl2FN2O3S. The Bertz CT molecular complexity index is 464. The third-order valence-corrected chi connectivity index (χ3v) is 2.01. The summed E-state index contributed by atoms with van der Waals surface area (Å²) in [6.45, 7) is 0. The van der Waals surface area contributed by atoms with Gasteiger partial charge in [0.15, 0.2) is 21.9 Å². The molecule has 1 rings (SSSR count). The SMILES string of the molecule is NS(=O)(=O)Oc1cc(F)c(Cl)nc1Cl. The molecule has 0 radical (unpaired) electrons. The molecule has 0 bridgehead atoms. The van der Waals surface area contributed by atoms with Crippen LogP contribution < -0.4 is 9.32 Å². The van der Waals surface area contributed by atoms with Gasteiger partial charge in [0.1, 0.15) is 0 Å². The maximum Gasteiger partial charge on any atom is 0.380 e. The van der Waals surface area contributed by atoms with E-state index in [0.717, 1.165) is 0 Å². The van der Waals surface area contributed by atoms with Gasteiger partial charge in [0.2, 0.25) is 0 Å². The molecule has 14 heavy (non-hydrogen) atoms. The van der Waals surface area contributed by atoms with E-state index in [2.05, 4.69) is 14.3 Å². The van der Waals surface area contributed by atoms with Gasteiger partial charge in [0.25, 0.3) is 0 Å². The lowest BCUT2D eigenvalue weighted by atomic mass is 10.4. The predicted octanol–water partition coefficient (Wildman–Crippen LogP) is 1.11. The fourth-order valence-electron chi connectivity index (χ4n) is 0.612. The third kappa shape index (κ3) is 2.95. The van der Waals surface area contributed by atoms with E-state index in [4.69, 9.17) is 23.2 Å². The minimum Gasteiger partial charge on any atom is -0.368 e. The van der Waals surface area contributed by atoms with Crippen molar-refractivity contribution in [3.05, 3.63) is 22.2 Å². The van der Waals surface area contributed by atoms with Crippen molar-refractivity contribution in [2.75, 3.05) is 0 Å². The van der Waals surface area contributed by atoms with Crippen LogP contribution in [0.3, 0.4) is 0 Å². The zero-order valence-corrected chi connectivity index (χ0v) is 8.70. The van der Waals surface area contributed by atoms with Gasteiger partial charge in [-0.3, -0.25) is 0 Å². The maximum absolute atomic E-state index is 12.8. The van der Waals surface area contributed by atoms with Crippen LogP contribution >= 0.6 is 23.2 Å². The first-order valence-corrected chi connectivity index (χ1v) is 5.26. The molecule has 0 aliphatic carbocycles. The monoisotopic (exact) mass is 260 g/mol. The number of nitrogens with two attached hydrogens (primary N) is 1. The van der Waals surface area contributed by atoms with Crippen LogP contribution in [0.2, 0.25) is 10.3 Å². The fourth-order valence-corrected chi connectivity index (χ4v) is 1.40. The molecule has 1 aromatic rings. The Hall–Kier alpha value is -0.630. The van der Waals surface area contributed by atoms with Gasteiger partial charge < -0.3 is 4.18 Å². The highest BCUT2D eigenvalue weighted by molar-refractivity contribution is 7.84. The van der Waals surface area contributed by atoms with Crippen LogP contribution in [0.25, 0.3) is 0 Å². The van der Waals surface area contributed by atoms with Gasteiger partial charge in [-0.1, -0.05) is 23.2 Å². The minimum atomic E-state index is -4.26. The van der Waals surface area contributed by atoms with Crippen LogP contribution in [-0.2, 0) is 10.3 Å². The number of pyridine rings is 1. The van der Waals surface area contributed by atoms with Crippen molar-refractivity contribution in [1.29, 1.82) is 0 Å². The molecule has 1 heterocycles. The molecule has 0 unspecified atom stereocenters. The molecular weight excluding hydrogens is 258 g/mol. The lowest BCUT2D eigenvalue weighted by Crippen LogP contribution is -2.19. The van der Waals surface area contributed by atoms with Gasteiger partial charge in [-0.05, 0) is 0 Å². The van der Waals surface area contributed by atoms with E-state index < -0.39 is 32.2 Å². The highest BCUT2D eigenvalue weighted by atomic mass is 35.5. The van der Waals surface area contributed by atoms with Crippen LogP contribution in [0.15, 0.2) is 6.07 Å². The summed E-state index contributed by atoms with van der Waals surface area (Å²) in [4.78, 5) is 3.27. The normalized spacial score (nSPS) is 11.4. The molecule has 0 aliphatic heterocycles. The van der Waals surface area contributed by atoms with Crippen molar-refractivity contribution in [1.82, 2.24) is 4.98 Å². The second kappa shape index (κ2) is 3.85. The van der Waals surface area contributed by atoms with Gasteiger partial charge in [-0.15, -0.1) is 0 Å². The summed E-state index contributed by atoms with van der Waals surface area (Å²) in [5, 5.41) is 3.65. The highest BCUT2D eigenvalue weighted by Crippen LogP contribution is 2.27. The quantitative estimate of drug-likeness (QED) is 0.808. The Labute approximate surface area is 88.8 Å². The van der Waals surface area contributed by atoms with Gasteiger partial charge >= 0.3 is 10.3 Å². The van der Waals surface area contributed by atoms with E-state index in [-0.39, 0.29) is 0 Å². The second-order valence-electron chi connectivity index (χ2n) is 2.13. The molecule has 9 heteroatoms. The third-order valence-electron chi connectivity index (χ3n) is 1.06. The Morgan fingerprint density at radius 1 is 1.43 bits per heavy atom. The predicted molar refractivity (Wildman–Crippen MR) is 48.0 cm³/mol. The number of rotatable bonds is 2. The summed E-state index contributed by atoms with van der Waals surface area (Å²) in [5.74, 6) is -1.48. The highest BCUT2D eigenvalue weighted by Gasteiger charge is 2.14. The molecule has 0 saturated carbocycles. The fraction of sp³-hybridized carbons (Fsp3) is 0. The summed E-state index contributed by atoms with van der Waals surface area (Å²) in [6.07, 6.45) is 0. The first-order valence-electron chi connectivity index (χ1n) is 3.03. The lowest BCUT2D eigenvalue weighted by Gasteiger charge is -2.04. The number of halogens is 3. The molecule has 0 aliphatic rings. The van der Waals surface area contributed by atoms with Crippen molar-refractivity contribution < 1.29 is 17.0 Å². The Balaban J connectivity index is 3.17. The Morgan fingerprint density at radius 2 is 2.00 bits per heavy atom. The topological polar surface area (TPSA) is 82.3 Å². The van der Waals surface area contributed by atoms with E-state index >= 15 is 0 Å². The van der Waals surface area contributed by atoms with Crippen molar-refractivity contribution in [3.63, 3.8) is 0 Å². The minimum absolute atomic E-state index is 0.398. The zero-order valence-electron chi connectivity index (χ0n) is 6.37. The van der Waals surface area contributed by atoms with Crippen LogP contribution in [0.5, 0.6) is 5.75 Å². The zero-order chi connectivity index (χ0) is 10.9. The Kier molecular flexibility index (Phi) is 3.15.